The van der Waals surface area contributed by atoms with E-state index in [1.807, 2.05) is 48.5 Å². The summed E-state index contributed by atoms with van der Waals surface area (Å²) in [5.41, 5.74) is 16.2. The number of para-hydroxylation sites is 1. The first-order chi connectivity index (χ1) is 22.0. The standard InChI is InChI=1S/C29H45P.C12H10N.CH4O3S.Pd/c1-19(2)22-17-24(20(3)4)27(25(18-22)21(5)6)23-15-13-14-16-26(23)30(28(7,8)9)29(10,11)12;13-12-9-5-4-8-11(12)10-6-2-1-3-7-10;1-5(2,3)4;/h13-21H,1-12H3;1-6,8-9H,13H2;1H3,(H,2,3,4);/p-1. The Hall–Kier alpha value is -2.32. The molecule has 4 aromatic carbocycles. The van der Waals surface area contributed by atoms with Crippen LogP contribution < -0.4 is 11.0 Å². The van der Waals surface area contributed by atoms with Crippen LogP contribution in [-0.4, -0.2) is 29.5 Å². The summed E-state index contributed by atoms with van der Waals surface area (Å²) >= 11 is 0. The topological polar surface area (TPSA) is 83.2 Å². The number of benzene rings is 4. The number of nitrogens with two attached hydrogens (primary N) is 1. The third-order valence-electron chi connectivity index (χ3n) is 7.85. The Bertz CT molecular complexity index is 1670. The number of anilines is 1. The number of rotatable bonds is 6. The monoisotopic (exact) mass is 793 g/mol. The first-order valence-corrected chi connectivity index (χ1v) is 20.0. The van der Waals surface area contributed by atoms with Crippen LogP contribution in [0, 0.1) is 6.07 Å². The van der Waals surface area contributed by atoms with Gasteiger partial charge in [0.05, 0.1) is 10.1 Å². The first-order valence-electron chi connectivity index (χ1n) is 16.8. The fourth-order valence-corrected chi connectivity index (χ4v) is 10.3. The van der Waals surface area contributed by atoms with Gasteiger partial charge in [0.25, 0.3) is 0 Å². The van der Waals surface area contributed by atoms with Crippen LogP contribution in [0.4, 0.5) is 5.69 Å². The van der Waals surface area contributed by atoms with Crippen molar-refractivity contribution in [1.82, 2.24) is 0 Å². The second kappa shape index (κ2) is 18.8. The van der Waals surface area contributed by atoms with Crippen molar-refractivity contribution in [3.05, 3.63) is 108 Å². The van der Waals surface area contributed by atoms with E-state index in [-0.39, 0.29) is 38.7 Å². The van der Waals surface area contributed by atoms with Gasteiger partial charge >= 0.3 is 0 Å². The molecule has 0 amide bonds. The van der Waals surface area contributed by atoms with Gasteiger partial charge < -0.3 is 10.3 Å². The SMILES string of the molecule is CC(C)c1cc(C(C)C)c(-c2ccccc2P(C(C)(C)C)C(C)(C)C)c(C(C)C)c1.CS(=O)(=O)[O-].Nc1ccccc1-c1[c]cccc1.[Pd]. The van der Waals surface area contributed by atoms with Gasteiger partial charge in [-0.3, -0.25) is 0 Å². The van der Waals surface area contributed by atoms with Gasteiger partial charge in [-0.05, 0) is 78.9 Å². The molecule has 4 rings (SSSR count). The second-order valence-electron chi connectivity index (χ2n) is 15.3. The van der Waals surface area contributed by atoms with Crippen molar-refractivity contribution in [3.63, 3.8) is 0 Å². The molecule has 0 bridgehead atoms. The molecule has 7 heteroatoms. The van der Waals surface area contributed by atoms with E-state index >= 15 is 0 Å². The maximum Gasteiger partial charge on any atom is 0.0916 e. The molecule has 4 nitrogen and oxygen atoms in total. The van der Waals surface area contributed by atoms with E-state index in [2.05, 4.69) is 126 Å². The predicted octanol–water partition coefficient (Wildman–Crippen LogP) is 11.3. The van der Waals surface area contributed by atoms with Crippen molar-refractivity contribution < 1.29 is 33.4 Å². The van der Waals surface area contributed by atoms with Gasteiger partial charge in [0.15, 0.2) is 0 Å². The summed E-state index contributed by atoms with van der Waals surface area (Å²) < 4.78 is 27.2. The molecule has 0 spiro atoms. The molecule has 0 fully saturated rings. The Kier molecular flexibility index (Phi) is 17.1. The van der Waals surface area contributed by atoms with Gasteiger partial charge in [0, 0.05) is 37.9 Å². The van der Waals surface area contributed by atoms with E-state index in [4.69, 9.17) is 18.7 Å². The third kappa shape index (κ3) is 13.7. The smallest absolute Gasteiger partial charge is 0.0916 e. The molecule has 1 radical (unpaired) electrons. The minimum atomic E-state index is -3.92. The van der Waals surface area contributed by atoms with Crippen molar-refractivity contribution in [2.45, 2.75) is 111 Å². The van der Waals surface area contributed by atoms with Crippen LogP contribution in [0.3, 0.4) is 0 Å². The Morgan fingerprint density at radius 1 is 0.694 bits per heavy atom. The molecule has 2 N–H and O–H groups in total. The van der Waals surface area contributed by atoms with Gasteiger partial charge in [-0.25, -0.2) is 8.42 Å². The van der Waals surface area contributed by atoms with Crippen LogP contribution in [0.1, 0.15) is 118 Å². The molecule has 4 aromatic rings. The summed E-state index contributed by atoms with van der Waals surface area (Å²) in [6.45, 7) is 28.6. The maximum absolute atomic E-state index is 9.08. The zero-order valence-electron chi connectivity index (χ0n) is 31.8. The summed E-state index contributed by atoms with van der Waals surface area (Å²) in [6.07, 6.45) is 0.604. The molecule has 0 unspecified atom stereocenters. The predicted molar refractivity (Wildman–Crippen MR) is 211 cm³/mol. The van der Waals surface area contributed by atoms with Gasteiger partial charge in [-0.2, -0.15) is 0 Å². The number of hydrogen-bond acceptors (Lipinski definition) is 4. The molecule has 0 saturated heterocycles. The van der Waals surface area contributed by atoms with E-state index in [9.17, 15) is 0 Å². The average molecular weight is 794 g/mol. The minimum absolute atomic E-state index is 0. The number of nitrogen functional groups attached to an aromatic ring is 1. The van der Waals surface area contributed by atoms with Crippen molar-refractivity contribution in [2.24, 2.45) is 0 Å². The van der Waals surface area contributed by atoms with Crippen LogP contribution in [-0.2, 0) is 30.5 Å². The van der Waals surface area contributed by atoms with E-state index in [1.54, 1.807) is 5.30 Å². The molecule has 0 aliphatic heterocycles. The molecule has 0 aliphatic rings. The third-order valence-corrected chi connectivity index (χ3v) is 11.4. The molecule has 49 heavy (non-hydrogen) atoms. The zero-order valence-corrected chi connectivity index (χ0v) is 35.1. The van der Waals surface area contributed by atoms with E-state index < -0.39 is 10.1 Å². The van der Waals surface area contributed by atoms with Crippen molar-refractivity contribution in [3.8, 4) is 22.3 Å². The van der Waals surface area contributed by atoms with Crippen LogP contribution in [0.25, 0.3) is 22.3 Å². The molecule has 271 valence electrons. The second-order valence-corrected chi connectivity index (χ2v) is 20.5. The van der Waals surface area contributed by atoms with Gasteiger partial charge in [-0.1, -0.05) is 170 Å². The Labute approximate surface area is 313 Å². The van der Waals surface area contributed by atoms with Crippen LogP contribution >= 0.6 is 7.92 Å². The normalized spacial score (nSPS) is 11.9. The molecular formula is C42H58NO3PPdS-. The van der Waals surface area contributed by atoms with E-state index in [0.717, 1.165) is 16.8 Å². The van der Waals surface area contributed by atoms with Crippen molar-refractivity contribution in [1.29, 1.82) is 0 Å². The Balaban J connectivity index is 0.000000517. The van der Waals surface area contributed by atoms with Crippen molar-refractivity contribution in [2.75, 3.05) is 12.0 Å². The van der Waals surface area contributed by atoms with Gasteiger partial charge in [0.1, 0.15) is 0 Å². The zero-order chi connectivity index (χ0) is 36.6. The van der Waals surface area contributed by atoms with Crippen LogP contribution in [0.2, 0.25) is 0 Å². The summed E-state index contributed by atoms with van der Waals surface area (Å²) in [4.78, 5) is 0. The largest absolute Gasteiger partial charge is 0.748 e. The Morgan fingerprint density at radius 2 is 1.12 bits per heavy atom. The van der Waals surface area contributed by atoms with Gasteiger partial charge in [0.2, 0.25) is 0 Å². The van der Waals surface area contributed by atoms with E-state index in [1.165, 1.54) is 27.8 Å². The maximum atomic E-state index is 9.08. The van der Waals surface area contributed by atoms with E-state index in [0.29, 0.717) is 24.0 Å². The molecule has 0 aromatic heterocycles. The molecule has 0 aliphatic carbocycles. The molecule has 0 saturated carbocycles. The molecule has 0 heterocycles. The minimum Gasteiger partial charge on any atom is -0.748 e. The van der Waals surface area contributed by atoms with Crippen molar-refractivity contribution >= 4 is 29.0 Å². The van der Waals surface area contributed by atoms with Crippen LogP contribution in [0.5, 0.6) is 0 Å². The van der Waals surface area contributed by atoms with Gasteiger partial charge in [-0.15, -0.1) is 0 Å². The summed E-state index contributed by atoms with van der Waals surface area (Å²) in [7, 11) is -4.28. The Morgan fingerprint density at radius 3 is 1.51 bits per heavy atom. The molecule has 0 atom stereocenters. The number of hydrogen-bond donors (Lipinski definition) is 1. The first kappa shape index (κ1) is 44.7. The molecular weight excluding hydrogens is 736 g/mol. The summed E-state index contributed by atoms with van der Waals surface area (Å²) in [5.74, 6) is 1.55. The fraction of sp³-hybridized carbons (Fsp3) is 0.429. The summed E-state index contributed by atoms with van der Waals surface area (Å²) in [5, 5.41) is 2.06. The fourth-order valence-electron chi connectivity index (χ4n) is 6.18. The quantitative estimate of drug-likeness (QED) is 0.0912. The van der Waals surface area contributed by atoms with Crippen LogP contribution in [0.15, 0.2) is 84.9 Å². The average Bonchev–Trinajstić information content (AvgIpc) is 2.95. The summed E-state index contributed by atoms with van der Waals surface area (Å²) in [6, 6.07) is 33.1.